The Balaban J connectivity index is 2.07. The predicted molar refractivity (Wildman–Crippen MR) is 85.2 cm³/mol. The van der Waals surface area contributed by atoms with Crippen LogP contribution in [0.3, 0.4) is 0 Å². The van der Waals surface area contributed by atoms with Crippen LogP contribution < -0.4 is 10.2 Å². The van der Waals surface area contributed by atoms with E-state index in [1.165, 1.54) is 12.8 Å². The maximum Gasteiger partial charge on any atom is 0.146 e. The molecule has 1 unspecified atom stereocenters. The monoisotopic (exact) mass is 294 g/mol. The van der Waals surface area contributed by atoms with E-state index in [0.717, 1.165) is 18.5 Å². The molecule has 0 aromatic heterocycles. The Hall–Kier alpha value is -1.13. The second-order valence-electron chi connectivity index (χ2n) is 5.88. The van der Waals surface area contributed by atoms with Gasteiger partial charge in [0, 0.05) is 32.3 Å². The van der Waals surface area contributed by atoms with Gasteiger partial charge < -0.3 is 15.0 Å². The summed E-state index contributed by atoms with van der Waals surface area (Å²) in [7, 11) is 1.68. The van der Waals surface area contributed by atoms with E-state index < -0.39 is 0 Å². The van der Waals surface area contributed by atoms with E-state index in [-0.39, 0.29) is 5.82 Å². The van der Waals surface area contributed by atoms with Gasteiger partial charge in [-0.25, -0.2) is 4.39 Å². The van der Waals surface area contributed by atoms with Crippen molar-refractivity contribution in [3.05, 3.63) is 29.6 Å². The van der Waals surface area contributed by atoms with Gasteiger partial charge in [-0.2, -0.15) is 0 Å². The largest absolute Gasteiger partial charge is 0.383 e. The molecule has 21 heavy (non-hydrogen) atoms. The SMILES string of the molecule is CCC(C)N(CCOC)c1ccc(CNC2CC2)cc1F. The van der Waals surface area contributed by atoms with E-state index in [4.69, 9.17) is 4.74 Å². The van der Waals surface area contributed by atoms with Crippen LogP contribution in [0.5, 0.6) is 0 Å². The van der Waals surface area contributed by atoms with Crippen molar-refractivity contribution in [2.75, 3.05) is 25.2 Å². The summed E-state index contributed by atoms with van der Waals surface area (Å²) < 4.78 is 19.6. The van der Waals surface area contributed by atoms with Gasteiger partial charge in [0.15, 0.2) is 0 Å². The summed E-state index contributed by atoms with van der Waals surface area (Å²) in [5.41, 5.74) is 1.69. The van der Waals surface area contributed by atoms with Gasteiger partial charge in [-0.3, -0.25) is 0 Å². The third-order valence-corrected chi connectivity index (χ3v) is 4.15. The molecule has 0 amide bonds. The van der Waals surface area contributed by atoms with Crippen molar-refractivity contribution in [1.82, 2.24) is 5.32 Å². The number of nitrogens with one attached hydrogen (secondary N) is 1. The zero-order valence-corrected chi connectivity index (χ0v) is 13.4. The second kappa shape index (κ2) is 7.76. The number of anilines is 1. The summed E-state index contributed by atoms with van der Waals surface area (Å²) in [4.78, 5) is 2.09. The maximum absolute atomic E-state index is 14.5. The summed E-state index contributed by atoms with van der Waals surface area (Å²) in [6.45, 7) is 6.31. The molecule has 1 fully saturated rings. The van der Waals surface area contributed by atoms with Crippen molar-refractivity contribution >= 4 is 5.69 Å². The molecule has 0 aliphatic heterocycles. The fourth-order valence-corrected chi connectivity index (χ4v) is 2.43. The highest BCUT2D eigenvalue weighted by molar-refractivity contribution is 5.50. The minimum atomic E-state index is -0.137. The molecule has 118 valence electrons. The van der Waals surface area contributed by atoms with E-state index in [1.807, 2.05) is 12.1 Å². The quantitative estimate of drug-likeness (QED) is 0.756. The third-order valence-electron chi connectivity index (χ3n) is 4.15. The fraction of sp³-hybridized carbons (Fsp3) is 0.647. The van der Waals surface area contributed by atoms with Crippen molar-refractivity contribution in [2.24, 2.45) is 0 Å². The first-order valence-electron chi connectivity index (χ1n) is 7.93. The zero-order valence-electron chi connectivity index (χ0n) is 13.4. The number of hydrogen-bond donors (Lipinski definition) is 1. The molecular weight excluding hydrogens is 267 g/mol. The van der Waals surface area contributed by atoms with Gasteiger partial charge in [0.05, 0.1) is 12.3 Å². The highest BCUT2D eigenvalue weighted by Gasteiger charge is 2.21. The fourth-order valence-electron chi connectivity index (χ4n) is 2.43. The average molecular weight is 294 g/mol. The molecule has 1 aromatic rings. The first kappa shape index (κ1) is 16.2. The maximum atomic E-state index is 14.5. The van der Waals surface area contributed by atoms with Crippen LogP contribution >= 0.6 is 0 Å². The van der Waals surface area contributed by atoms with E-state index >= 15 is 0 Å². The number of ether oxygens (including phenoxy) is 1. The molecule has 1 aliphatic rings. The number of nitrogens with zero attached hydrogens (tertiary/aromatic N) is 1. The van der Waals surface area contributed by atoms with Crippen molar-refractivity contribution in [2.45, 2.75) is 51.7 Å². The minimum Gasteiger partial charge on any atom is -0.383 e. The Labute approximate surface area is 127 Å². The van der Waals surface area contributed by atoms with Crippen LogP contribution in [0, 0.1) is 5.82 Å². The van der Waals surface area contributed by atoms with Crippen molar-refractivity contribution in [3.63, 3.8) is 0 Å². The number of hydrogen-bond acceptors (Lipinski definition) is 3. The van der Waals surface area contributed by atoms with Gasteiger partial charge in [-0.15, -0.1) is 0 Å². The summed E-state index contributed by atoms with van der Waals surface area (Å²) in [5.74, 6) is -0.137. The summed E-state index contributed by atoms with van der Waals surface area (Å²) in [5, 5.41) is 3.42. The van der Waals surface area contributed by atoms with Gasteiger partial charge in [-0.05, 0) is 43.9 Å². The smallest absolute Gasteiger partial charge is 0.146 e. The molecule has 1 aromatic carbocycles. The van der Waals surface area contributed by atoms with Crippen LogP contribution in [0.4, 0.5) is 10.1 Å². The minimum absolute atomic E-state index is 0.137. The molecule has 0 heterocycles. The Morgan fingerprint density at radius 2 is 2.19 bits per heavy atom. The lowest BCUT2D eigenvalue weighted by molar-refractivity contribution is 0.203. The van der Waals surface area contributed by atoms with Gasteiger partial charge in [-0.1, -0.05) is 13.0 Å². The average Bonchev–Trinajstić information content (AvgIpc) is 3.31. The molecule has 0 spiro atoms. The molecule has 2 rings (SSSR count). The first-order valence-corrected chi connectivity index (χ1v) is 7.93. The van der Waals surface area contributed by atoms with E-state index in [9.17, 15) is 4.39 Å². The van der Waals surface area contributed by atoms with Crippen molar-refractivity contribution < 1.29 is 9.13 Å². The lowest BCUT2D eigenvalue weighted by atomic mass is 10.1. The highest BCUT2D eigenvalue weighted by Crippen LogP contribution is 2.24. The van der Waals surface area contributed by atoms with Crippen LogP contribution in [0.15, 0.2) is 18.2 Å². The number of halogens is 1. The van der Waals surface area contributed by atoms with E-state index in [1.54, 1.807) is 13.2 Å². The molecule has 0 saturated heterocycles. The number of benzene rings is 1. The molecule has 1 aliphatic carbocycles. The lowest BCUT2D eigenvalue weighted by Gasteiger charge is -2.31. The van der Waals surface area contributed by atoms with E-state index in [2.05, 4.69) is 24.1 Å². The van der Waals surface area contributed by atoms with Gasteiger partial charge in [0.1, 0.15) is 5.82 Å². The van der Waals surface area contributed by atoms with Gasteiger partial charge in [0.25, 0.3) is 0 Å². The first-order chi connectivity index (χ1) is 10.2. The molecule has 0 bridgehead atoms. The van der Waals surface area contributed by atoms with Crippen LogP contribution in [0.2, 0.25) is 0 Å². The summed E-state index contributed by atoms with van der Waals surface area (Å²) in [6.07, 6.45) is 3.48. The highest BCUT2D eigenvalue weighted by atomic mass is 19.1. The Morgan fingerprint density at radius 3 is 2.76 bits per heavy atom. The molecular formula is C17H27FN2O. The molecule has 4 heteroatoms. The normalized spacial score (nSPS) is 16.0. The zero-order chi connectivity index (χ0) is 15.2. The van der Waals surface area contributed by atoms with Crippen LogP contribution in [-0.4, -0.2) is 32.3 Å². The molecule has 3 nitrogen and oxygen atoms in total. The van der Waals surface area contributed by atoms with Crippen LogP contribution in [0.25, 0.3) is 0 Å². The standard InChI is InChI=1S/C17H27FN2O/c1-4-13(2)20(9-10-21-3)17-8-5-14(11-16(17)18)12-19-15-6-7-15/h5,8,11,13,15,19H,4,6-7,9-10,12H2,1-3H3. The Kier molecular flexibility index (Phi) is 6.00. The third kappa shape index (κ3) is 4.68. The summed E-state index contributed by atoms with van der Waals surface area (Å²) >= 11 is 0. The van der Waals surface area contributed by atoms with Crippen molar-refractivity contribution in [1.29, 1.82) is 0 Å². The number of rotatable bonds is 9. The second-order valence-corrected chi connectivity index (χ2v) is 5.88. The van der Waals surface area contributed by atoms with Crippen LogP contribution in [0.1, 0.15) is 38.7 Å². The van der Waals surface area contributed by atoms with Gasteiger partial charge >= 0.3 is 0 Å². The molecule has 1 saturated carbocycles. The lowest BCUT2D eigenvalue weighted by Crippen LogP contribution is -2.36. The predicted octanol–water partition coefficient (Wildman–Crippen LogP) is 3.33. The van der Waals surface area contributed by atoms with E-state index in [0.29, 0.717) is 30.9 Å². The van der Waals surface area contributed by atoms with Crippen LogP contribution in [-0.2, 0) is 11.3 Å². The Bertz CT molecular complexity index is 448. The molecule has 1 atom stereocenters. The topological polar surface area (TPSA) is 24.5 Å². The van der Waals surface area contributed by atoms with Gasteiger partial charge in [0.2, 0.25) is 0 Å². The Morgan fingerprint density at radius 1 is 1.43 bits per heavy atom. The number of methoxy groups -OCH3 is 1. The summed E-state index contributed by atoms with van der Waals surface area (Å²) in [6, 6.07) is 6.53. The van der Waals surface area contributed by atoms with Crippen molar-refractivity contribution in [3.8, 4) is 0 Å². The molecule has 0 radical (unpaired) electrons. The molecule has 1 N–H and O–H groups in total.